The molecule has 7 nitrogen and oxygen atoms in total. The van der Waals surface area contributed by atoms with E-state index in [4.69, 9.17) is 9.47 Å². The van der Waals surface area contributed by atoms with Gasteiger partial charge in [0, 0.05) is 28.3 Å². The van der Waals surface area contributed by atoms with Crippen LogP contribution in [-0.2, 0) is 14.3 Å². The van der Waals surface area contributed by atoms with E-state index in [1.54, 1.807) is 16.7 Å². The Kier molecular flexibility index (Phi) is 6.07. The highest BCUT2D eigenvalue weighted by Gasteiger charge is 2.46. The molecule has 2 fully saturated rings. The number of likely N-dealkylation sites (tertiary alicyclic amines) is 1. The maximum Gasteiger partial charge on any atom is 0.252 e. The number of hydrogen-bond acceptors (Lipinski definition) is 6. The average molecular weight is 468 g/mol. The molecular formula is C25H29N3O4S. The standard InChI is InChI=1S/C25H29N3O4S/c1-16(2)13-20(24(30)28-10-9-25(15-28)31-11-12-32-25)27-23(29)17-7-8-22-19(14-17)26-18-5-3-4-6-21(18)33-22/h3-8,14,16,20,26H,9-13,15H2,1-2H3,(H,27,29). The number of nitrogens with zero attached hydrogens (tertiary/aromatic N) is 1. The Balaban J connectivity index is 1.30. The molecule has 2 N–H and O–H groups in total. The zero-order valence-corrected chi connectivity index (χ0v) is 19.7. The van der Waals surface area contributed by atoms with E-state index in [-0.39, 0.29) is 17.7 Å². The number of rotatable bonds is 5. The van der Waals surface area contributed by atoms with Crippen molar-refractivity contribution in [3.8, 4) is 0 Å². The SMILES string of the molecule is CC(C)CC(NC(=O)c1ccc2c(c1)Nc1ccccc1S2)C(=O)N1CCC2(C1)OCCO2. The van der Waals surface area contributed by atoms with Crippen LogP contribution >= 0.6 is 11.8 Å². The van der Waals surface area contributed by atoms with Crippen LogP contribution in [-0.4, -0.2) is 54.8 Å². The van der Waals surface area contributed by atoms with Crippen LogP contribution in [0.2, 0.25) is 0 Å². The van der Waals surface area contributed by atoms with Crippen LogP contribution in [0, 0.1) is 5.92 Å². The minimum Gasteiger partial charge on any atom is -0.354 e. The molecule has 1 unspecified atom stereocenters. The van der Waals surface area contributed by atoms with E-state index in [2.05, 4.69) is 30.5 Å². The minimum atomic E-state index is -0.666. The number of hydrogen-bond donors (Lipinski definition) is 2. The van der Waals surface area contributed by atoms with Gasteiger partial charge in [-0.25, -0.2) is 0 Å². The monoisotopic (exact) mass is 467 g/mol. The molecule has 0 aromatic heterocycles. The molecule has 3 heterocycles. The van der Waals surface area contributed by atoms with Crippen LogP contribution < -0.4 is 10.6 Å². The van der Waals surface area contributed by atoms with Crippen molar-refractivity contribution in [3.05, 3.63) is 48.0 Å². The molecule has 2 saturated heterocycles. The average Bonchev–Trinajstić information content (AvgIpc) is 3.45. The van der Waals surface area contributed by atoms with Gasteiger partial charge in [0.05, 0.1) is 31.1 Å². The maximum atomic E-state index is 13.3. The third-order valence-electron chi connectivity index (χ3n) is 6.25. The number of para-hydroxylation sites is 1. The first-order valence-electron chi connectivity index (χ1n) is 11.5. The lowest BCUT2D eigenvalue weighted by molar-refractivity contribution is -0.153. The van der Waals surface area contributed by atoms with Crippen LogP contribution in [0.15, 0.2) is 52.3 Å². The van der Waals surface area contributed by atoms with Crippen LogP contribution in [0.25, 0.3) is 0 Å². The summed E-state index contributed by atoms with van der Waals surface area (Å²) in [6.07, 6.45) is 1.24. The largest absolute Gasteiger partial charge is 0.354 e. The molecular weight excluding hydrogens is 438 g/mol. The van der Waals surface area contributed by atoms with Crippen molar-refractivity contribution < 1.29 is 19.1 Å². The normalized spacial score (nSPS) is 19.2. The van der Waals surface area contributed by atoms with E-state index in [9.17, 15) is 9.59 Å². The lowest BCUT2D eigenvalue weighted by atomic mass is 10.0. The highest BCUT2D eigenvalue weighted by Crippen LogP contribution is 2.44. The fourth-order valence-corrected chi connectivity index (χ4v) is 5.58. The predicted molar refractivity (Wildman–Crippen MR) is 127 cm³/mol. The van der Waals surface area contributed by atoms with Crippen molar-refractivity contribution in [2.75, 3.05) is 31.6 Å². The molecule has 0 saturated carbocycles. The molecule has 3 aliphatic rings. The molecule has 33 heavy (non-hydrogen) atoms. The highest BCUT2D eigenvalue weighted by atomic mass is 32.2. The third kappa shape index (κ3) is 4.60. The lowest BCUT2D eigenvalue weighted by Crippen LogP contribution is -2.49. The van der Waals surface area contributed by atoms with Gasteiger partial charge in [-0.3, -0.25) is 9.59 Å². The molecule has 0 aliphatic carbocycles. The Hall–Kier alpha value is -2.55. The first kappa shape index (κ1) is 22.3. The molecule has 0 radical (unpaired) electrons. The molecule has 0 bridgehead atoms. The van der Waals surface area contributed by atoms with Crippen LogP contribution in [0.5, 0.6) is 0 Å². The Morgan fingerprint density at radius 1 is 1.12 bits per heavy atom. The van der Waals surface area contributed by atoms with E-state index in [1.165, 1.54) is 0 Å². The third-order valence-corrected chi connectivity index (χ3v) is 7.40. The second kappa shape index (κ2) is 9.00. The Bertz CT molecular complexity index is 1070. The number of carbonyl (C=O) groups is 2. The van der Waals surface area contributed by atoms with Crippen molar-refractivity contribution in [1.29, 1.82) is 0 Å². The van der Waals surface area contributed by atoms with Crippen molar-refractivity contribution in [3.63, 3.8) is 0 Å². The number of anilines is 2. The van der Waals surface area contributed by atoms with Gasteiger partial charge in [-0.1, -0.05) is 37.7 Å². The molecule has 8 heteroatoms. The number of amides is 2. The number of fused-ring (bicyclic) bond motifs is 2. The fraction of sp³-hybridized carbons (Fsp3) is 0.440. The summed E-state index contributed by atoms with van der Waals surface area (Å²) < 4.78 is 11.5. The van der Waals surface area contributed by atoms with E-state index in [1.807, 2.05) is 36.4 Å². The zero-order valence-electron chi connectivity index (χ0n) is 18.9. The van der Waals surface area contributed by atoms with Crippen LogP contribution in [0.3, 0.4) is 0 Å². The topological polar surface area (TPSA) is 79.9 Å². The van der Waals surface area contributed by atoms with Crippen molar-refractivity contribution >= 4 is 35.0 Å². The predicted octanol–water partition coefficient (Wildman–Crippen LogP) is 4.01. The van der Waals surface area contributed by atoms with E-state index >= 15 is 0 Å². The number of benzene rings is 2. The smallest absolute Gasteiger partial charge is 0.252 e. The number of ether oxygens (including phenoxy) is 2. The molecule has 2 aromatic carbocycles. The molecule has 5 rings (SSSR count). The van der Waals surface area contributed by atoms with E-state index < -0.39 is 11.8 Å². The van der Waals surface area contributed by atoms with Crippen LogP contribution in [0.4, 0.5) is 11.4 Å². The summed E-state index contributed by atoms with van der Waals surface area (Å²) in [6.45, 7) is 6.21. The Labute approximate surface area is 198 Å². The summed E-state index contributed by atoms with van der Waals surface area (Å²) in [5.41, 5.74) is 2.46. The van der Waals surface area contributed by atoms with Crippen molar-refractivity contribution in [1.82, 2.24) is 10.2 Å². The molecule has 2 amide bonds. The van der Waals surface area contributed by atoms with Crippen molar-refractivity contribution in [2.24, 2.45) is 5.92 Å². The molecule has 174 valence electrons. The van der Waals surface area contributed by atoms with Crippen molar-refractivity contribution in [2.45, 2.75) is 48.3 Å². The van der Waals surface area contributed by atoms with Gasteiger partial charge in [0.25, 0.3) is 5.91 Å². The minimum absolute atomic E-state index is 0.0754. The molecule has 1 atom stereocenters. The first-order chi connectivity index (χ1) is 15.9. The van der Waals surface area contributed by atoms with Gasteiger partial charge < -0.3 is 25.0 Å². The number of carbonyl (C=O) groups excluding carboxylic acids is 2. The van der Waals surface area contributed by atoms with Crippen LogP contribution in [0.1, 0.15) is 37.0 Å². The quantitative estimate of drug-likeness (QED) is 0.590. The van der Waals surface area contributed by atoms with Gasteiger partial charge in [-0.05, 0) is 42.7 Å². The summed E-state index contributed by atoms with van der Waals surface area (Å²) in [6, 6.07) is 13.1. The van der Waals surface area contributed by atoms with Gasteiger partial charge >= 0.3 is 0 Å². The second-order valence-electron chi connectivity index (χ2n) is 9.21. The summed E-state index contributed by atoms with van der Waals surface area (Å²) in [4.78, 5) is 30.5. The zero-order chi connectivity index (χ0) is 23.0. The maximum absolute atomic E-state index is 13.3. The lowest BCUT2D eigenvalue weighted by Gasteiger charge is -2.27. The Morgan fingerprint density at radius 2 is 1.88 bits per heavy atom. The summed E-state index contributed by atoms with van der Waals surface area (Å²) in [7, 11) is 0. The second-order valence-corrected chi connectivity index (χ2v) is 10.3. The van der Waals surface area contributed by atoms with Gasteiger partial charge in [0.1, 0.15) is 6.04 Å². The summed E-state index contributed by atoms with van der Waals surface area (Å²) in [5, 5.41) is 6.41. The number of nitrogens with one attached hydrogen (secondary N) is 2. The van der Waals surface area contributed by atoms with Gasteiger partial charge in [-0.15, -0.1) is 0 Å². The molecule has 2 aromatic rings. The highest BCUT2D eigenvalue weighted by molar-refractivity contribution is 7.99. The first-order valence-corrected chi connectivity index (χ1v) is 12.3. The molecule has 3 aliphatic heterocycles. The van der Waals surface area contributed by atoms with Gasteiger partial charge in [0.2, 0.25) is 5.91 Å². The summed E-state index contributed by atoms with van der Waals surface area (Å²) in [5.74, 6) is -0.730. The molecule has 1 spiro atoms. The Morgan fingerprint density at radius 3 is 2.67 bits per heavy atom. The van der Waals surface area contributed by atoms with Gasteiger partial charge in [0.15, 0.2) is 5.79 Å². The fourth-order valence-electron chi connectivity index (χ4n) is 4.61. The van der Waals surface area contributed by atoms with Gasteiger partial charge in [-0.2, -0.15) is 0 Å². The summed E-state index contributed by atoms with van der Waals surface area (Å²) >= 11 is 1.68. The van der Waals surface area contributed by atoms with E-state index in [0.29, 0.717) is 44.7 Å². The van der Waals surface area contributed by atoms with E-state index in [0.717, 1.165) is 21.2 Å².